The van der Waals surface area contributed by atoms with Gasteiger partial charge in [-0.15, -0.1) is 0 Å². The van der Waals surface area contributed by atoms with Crippen molar-refractivity contribution in [3.8, 4) is 0 Å². The highest BCUT2D eigenvalue weighted by molar-refractivity contribution is 5.94. The highest BCUT2D eigenvalue weighted by atomic mass is 16.1. The van der Waals surface area contributed by atoms with Crippen LogP contribution in [-0.2, 0) is 19.6 Å². The van der Waals surface area contributed by atoms with Gasteiger partial charge >= 0.3 is 0 Å². The van der Waals surface area contributed by atoms with E-state index in [-0.39, 0.29) is 5.91 Å². The van der Waals surface area contributed by atoms with Crippen LogP contribution in [0.1, 0.15) is 39.9 Å². The number of hydrogen-bond acceptors (Lipinski definition) is 3. The highest BCUT2D eigenvalue weighted by Gasteiger charge is 2.08. The van der Waals surface area contributed by atoms with Gasteiger partial charge in [0.15, 0.2) is 0 Å². The molecular weight excluding hydrogens is 314 g/mol. The number of rotatable bonds is 6. The van der Waals surface area contributed by atoms with E-state index >= 15 is 0 Å². The van der Waals surface area contributed by atoms with Gasteiger partial charge in [0.25, 0.3) is 5.91 Å². The average Bonchev–Trinajstić information content (AvgIpc) is 3.19. The second-order valence-electron chi connectivity index (χ2n) is 6.13. The monoisotopic (exact) mass is 337 g/mol. The summed E-state index contributed by atoms with van der Waals surface area (Å²) in [6, 6.07) is 11.6. The quantitative estimate of drug-likeness (QED) is 0.752. The average molecular weight is 337 g/mol. The van der Waals surface area contributed by atoms with Crippen LogP contribution in [0.2, 0.25) is 0 Å². The SMILES string of the molecule is CCn1ccc(CNC(=O)c2cccc(Cn3nc(C)cc3C)c2)n1. The van der Waals surface area contributed by atoms with Crippen molar-refractivity contribution in [2.75, 3.05) is 0 Å². The van der Waals surface area contributed by atoms with Crippen molar-refractivity contribution < 1.29 is 4.79 Å². The molecule has 0 saturated heterocycles. The molecule has 25 heavy (non-hydrogen) atoms. The fourth-order valence-corrected chi connectivity index (χ4v) is 2.77. The molecule has 6 nitrogen and oxygen atoms in total. The third-order valence-corrected chi connectivity index (χ3v) is 4.07. The zero-order valence-electron chi connectivity index (χ0n) is 14.9. The van der Waals surface area contributed by atoms with E-state index in [0.29, 0.717) is 18.7 Å². The maximum atomic E-state index is 12.4. The van der Waals surface area contributed by atoms with Crippen molar-refractivity contribution in [2.24, 2.45) is 0 Å². The van der Waals surface area contributed by atoms with Crippen LogP contribution in [0.4, 0.5) is 0 Å². The molecule has 0 spiro atoms. The zero-order valence-corrected chi connectivity index (χ0v) is 14.9. The van der Waals surface area contributed by atoms with Gasteiger partial charge in [-0.1, -0.05) is 12.1 Å². The molecule has 2 aromatic heterocycles. The Kier molecular flexibility index (Phi) is 4.97. The van der Waals surface area contributed by atoms with Crippen LogP contribution in [0, 0.1) is 13.8 Å². The lowest BCUT2D eigenvalue weighted by Gasteiger charge is -2.08. The predicted molar refractivity (Wildman–Crippen MR) is 96.3 cm³/mol. The summed E-state index contributed by atoms with van der Waals surface area (Å²) in [6.45, 7) is 7.94. The lowest BCUT2D eigenvalue weighted by atomic mass is 10.1. The number of carbonyl (C=O) groups is 1. The van der Waals surface area contributed by atoms with E-state index in [1.54, 1.807) is 0 Å². The summed E-state index contributed by atoms with van der Waals surface area (Å²) in [6.07, 6.45) is 1.91. The van der Waals surface area contributed by atoms with E-state index in [1.165, 1.54) is 0 Å². The van der Waals surface area contributed by atoms with Crippen LogP contribution < -0.4 is 5.32 Å². The van der Waals surface area contributed by atoms with E-state index < -0.39 is 0 Å². The van der Waals surface area contributed by atoms with Gasteiger partial charge in [0.2, 0.25) is 0 Å². The van der Waals surface area contributed by atoms with E-state index in [1.807, 2.05) is 72.7 Å². The van der Waals surface area contributed by atoms with Crippen LogP contribution in [0.15, 0.2) is 42.6 Å². The van der Waals surface area contributed by atoms with Crippen molar-refractivity contribution in [3.05, 3.63) is 70.8 Å². The van der Waals surface area contributed by atoms with Crippen molar-refractivity contribution in [1.29, 1.82) is 0 Å². The van der Waals surface area contributed by atoms with Gasteiger partial charge in [-0.25, -0.2) is 0 Å². The molecule has 0 aliphatic heterocycles. The van der Waals surface area contributed by atoms with Gasteiger partial charge in [-0.3, -0.25) is 14.2 Å². The number of nitrogens with one attached hydrogen (secondary N) is 1. The Labute approximate surface area is 147 Å². The Bertz CT molecular complexity index is 878. The van der Waals surface area contributed by atoms with Crippen LogP contribution >= 0.6 is 0 Å². The van der Waals surface area contributed by atoms with E-state index in [9.17, 15) is 4.79 Å². The molecule has 0 unspecified atom stereocenters. The van der Waals surface area contributed by atoms with Crippen LogP contribution in [0.5, 0.6) is 0 Å². The smallest absolute Gasteiger partial charge is 0.251 e. The van der Waals surface area contributed by atoms with E-state index in [4.69, 9.17) is 0 Å². The summed E-state index contributed by atoms with van der Waals surface area (Å²) < 4.78 is 3.79. The third kappa shape index (κ3) is 4.15. The minimum Gasteiger partial charge on any atom is -0.346 e. The summed E-state index contributed by atoms with van der Waals surface area (Å²) in [5, 5.41) is 11.8. The Hall–Kier alpha value is -2.89. The number of amides is 1. The molecule has 130 valence electrons. The van der Waals surface area contributed by atoms with Crippen LogP contribution in [0.25, 0.3) is 0 Å². The van der Waals surface area contributed by atoms with Gasteiger partial charge in [-0.2, -0.15) is 10.2 Å². The predicted octanol–water partition coefficient (Wildman–Crippen LogP) is 2.69. The Balaban J connectivity index is 1.65. The molecular formula is C19H23N5O. The largest absolute Gasteiger partial charge is 0.346 e. The van der Waals surface area contributed by atoms with Crippen molar-refractivity contribution in [3.63, 3.8) is 0 Å². The first-order valence-corrected chi connectivity index (χ1v) is 8.45. The summed E-state index contributed by atoms with van der Waals surface area (Å²) in [5.41, 5.74) is 4.66. The molecule has 3 aromatic rings. The summed E-state index contributed by atoms with van der Waals surface area (Å²) >= 11 is 0. The number of aromatic nitrogens is 4. The van der Waals surface area contributed by atoms with Gasteiger partial charge in [0.05, 0.1) is 24.5 Å². The molecule has 0 radical (unpaired) electrons. The molecule has 2 heterocycles. The Morgan fingerprint density at radius 1 is 1.16 bits per heavy atom. The summed E-state index contributed by atoms with van der Waals surface area (Å²) in [5.74, 6) is -0.0960. The van der Waals surface area contributed by atoms with Crippen LogP contribution in [-0.4, -0.2) is 25.5 Å². The molecule has 1 N–H and O–H groups in total. The first kappa shape index (κ1) is 17.0. The van der Waals surface area contributed by atoms with Crippen molar-refractivity contribution in [1.82, 2.24) is 24.9 Å². The minimum absolute atomic E-state index is 0.0960. The topological polar surface area (TPSA) is 64.7 Å². The van der Waals surface area contributed by atoms with E-state index in [0.717, 1.165) is 29.2 Å². The van der Waals surface area contributed by atoms with Crippen LogP contribution in [0.3, 0.4) is 0 Å². The molecule has 0 aliphatic carbocycles. The standard InChI is InChI=1S/C19H23N5O/c1-4-23-9-8-18(22-23)12-20-19(25)17-7-5-6-16(11-17)13-24-15(3)10-14(2)21-24/h5-11H,4,12-13H2,1-3H3,(H,20,25). The number of benzene rings is 1. The van der Waals surface area contributed by atoms with Gasteiger partial charge in [0, 0.05) is 24.0 Å². The molecule has 0 bridgehead atoms. The maximum absolute atomic E-state index is 12.4. The Morgan fingerprint density at radius 3 is 2.68 bits per heavy atom. The Morgan fingerprint density at radius 2 is 2.00 bits per heavy atom. The molecule has 0 aliphatic rings. The summed E-state index contributed by atoms with van der Waals surface area (Å²) in [7, 11) is 0. The molecule has 0 atom stereocenters. The summed E-state index contributed by atoms with van der Waals surface area (Å²) in [4.78, 5) is 12.4. The molecule has 1 aromatic carbocycles. The highest BCUT2D eigenvalue weighted by Crippen LogP contribution is 2.10. The van der Waals surface area contributed by atoms with E-state index in [2.05, 4.69) is 15.5 Å². The lowest BCUT2D eigenvalue weighted by Crippen LogP contribution is -2.23. The van der Waals surface area contributed by atoms with Crippen molar-refractivity contribution in [2.45, 2.75) is 40.4 Å². The number of nitrogens with zero attached hydrogens (tertiary/aromatic N) is 4. The number of hydrogen-bond donors (Lipinski definition) is 1. The second kappa shape index (κ2) is 7.34. The fourth-order valence-electron chi connectivity index (χ4n) is 2.77. The maximum Gasteiger partial charge on any atom is 0.251 e. The zero-order chi connectivity index (χ0) is 17.8. The van der Waals surface area contributed by atoms with Gasteiger partial charge in [0.1, 0.15) is 0 Å². The molecule has 0 fully saturated rings. The molecule has 3 rings (SSSR count). The fraction of sp³-hybridized carbons (Fsp3) is 0.316. The first-order chi connectivity index (χ1) is 12.0. The minimum atomic E-state index is -0.0960. The van der Waals surface area contributed by atoms with Crippen molar-refractivity contribution >= 4 is 5.91 Å². The number of aryl methyl sites for hydroxylation is 3. The lowest BCUT2D eigenvalue weighted by molar-refractivity contribution is 0.0950. The molecule has 0 saturated carbocycles. The van der Waals surface area contributed by atoms with Gasteiger partial charge in [-0.05, 0) is 50.6 Å². The molecule has 6 heteroatoms. The number of carbonyl (C=O) groups excluding carboxylic acids is 1. The third-order valence-electron chi connectivity index (χ3n) is 4.07. The first-order valence-electron chi connectivity index (χ1n) is 8.45. The molecule has 1 amide bonds. The normalized spacial score (nSPS) is 10.8. The second-order valence-corrected chi connectivity index (χ2v) is 6.13. The van der Waals surface area contributed by atoms with Gasteiger partial charge < -0.3 is 5.32 Å².